The summed E-state index contributed by atoms with van der Waals surface area (Å²) in [7, 11) is 3.80. The van der Waals surface area contributed by atoms with Gasteiger partial charge in [-0.25, -0.2) is 0 Å². The largest absolute Gasteiger partial charge is 0.507 e. The van der Waals surface area contributed by atoms with Gasteiger partial charge in [0.15, 0.2) is 11.5 Å². The van der Waals surface area contributed by atoms with Crippen molar-refractivity contribution in [3.05, 3.63) is 45.0 Å². The van der Waals surface area contributed by atoms with E-state index in [-0.39, 0.29) is 93.2 Å². The molecule has 2 aromatic carbocycles. The summed E-state index contributed by atoms with van der Waals surface area (Å²) >= 11 is 0. The van der Waals surface area contributed by atoms with E-state index in [2.05, 4.69) is 32.6 Å². The van der Waals surface area contributed by atoms with E-state index in [0.29, 0.717) is 42.1 Å². The Labute approximate surface area is 282 Å². The van der Waals surface area contributed by atoms with Crippen LogP contribution in [-0.4, -0.2) is 77.5 Å². The first-order valence-corrected chi connectivity index (χ1v) is 14.4. The van der Waals surface area contributed by atoms with E-state index in [9.17, 15) is 20.3 Å². The Morgan fingerprint density at radius 3 is 2.50 bits per heavy atom. The number of nitrogens with one attached hydrogen (secondary N) is 2. The molecule has 11 heteroatoms. The number of likely N-dealkylation sites (N-methyl/N-ethyl adjacent to an activating group) is 2. The molecule has 4 heterocycles. The smallest absolute Gasteiger partial charge is 0.237 e. The standard InChI is InChI=1S/C31H39N5O5.Ac/c1-7-19(33-5)31(39)34-12-23-25-18(27(37)16(4)29-30(25)41-13-40-29)10-21-26-24-17(8-14(2)15(3)28(24)38)9-20(35(26)6)22(11-32)36(21)23;/h8,19-23,26,33,37-38H,7,9-10,12-13H2,1-6H3,(H,34,39);/t19-,20-,21?,22-,23-,26+;/m0./s1. The molecule has 0 saturated carbocycles. The van der Waals surface area contributed by atoms with Crippen molar-refractivity contribution in [1.82, 2.24) is 20.4 Å². The zero-order valence-electron chi connectivity index (χ0n) is 25.1. The van der Waals surface area contributed by atoms with Crippen LogP contribution in [0.4, 0.5) is 0 Å². The molecule has 6 rings (SSSR count). The molecule has 0 aliphatic carbocycles. The molecule has 4 aliphatic rings. The van der Waals surface area contributed by atoms with E-state index in [1.54, 1.807) is 7.05 Å². The van der Waals surface area contributed by atoms with E-state index in [0.717, 1.165) is 33.4 Å². The number of fused-ring (bicyclic) bond motifs is 9. The molecule has 2 aromatic rings. The minimum atomic E-state index is -0.499. The number of ether oxygens (including phenoxy) is 2. The fourth-order valence-corrected chi connectivity index (χ4v) is 7.75. The Kier molecular flexibility index (Phi) is 8.79. The van der Waals surface area contributed by atoms with Gasteiger partial charge in [0.25, 0.3) is 0 Å². The number of phenols is 2. The summed E-state index contributed by atoms with van der Waals surface area (Å²) in [6.45, 7) is 7.98. The van der Waals surface area contributed by atoms with Gasteiger partial charge in [0.2, 0.25) is 12.7 Å². The molecule has 1 unspecified atom stereocenters. The molecular weight excluding hydrogens is 749 g/mol. The number of aryl methyl sites for hydroxylation is 1. The maximum atomic E-state index is 13.1. The molecule has 1 fully saturated rings. The summed E-state index contributed by atoms with van der Waals surface area (Å²) in [5.41, 5.74) is 5.96. The molecule has 6 atom stereocenters. The first-order chi connectivity index (χ1) is 19.6. The quantitative estimate of drug-likeness (QED) is 0.362. The van der Waals surface area contributed by atoms with Gasteiger partial charge in [0.05, 0.1) is 24.2 Å². The van der Waals surface area contributed by atoms with Gasteiger partial charge in [-0.1, -0.05) is 13.0 Å². The van der Waals surface area contributed by atoms with Crippen LogP contribution in [0.3, 0.4) is 0 Å². The summed E-state index contributed by atoms with van der Waals surface area (Å²) in [5, 5.41) is 39.9. The first-order valence-electron chi connectivity index (χ1n) is 14.4. The molecule has 0 aromatic heterocycles. The van der Waals surface area contributed by atoms with Crippen molar-refractivity contribution in [3.63, 3.8) is 0 Å². The van der Waals surface area contributed by atoms with Crippen molar-refractivity contribution >= 4 is 5.91 Å². The summed E-state index contributed by atoms with van der Waals surface area (Å²) < 4.78 is 11.8. The Bertz CT molecular complexity index is 1470. The predicted molar refractivity (Wildman–Crippen MR) is 152 cm³/mol. The van der Waals surface area contributed by atoms with E-state index in [1.807, 2.05) is 34.7 Å². The van der Waals surface area contributed by atoms with Gasteiger partial charge in [-0.2, -0.15) is 5.26 Å². The van der Waals surface area contributed by atoms with Gasteiger partial charge >= 0.3 is 0 Å². The number of carbonyl (C=O) groups excluding carboxylic acids is 1. The number of hydrogen-bond donors (Lipinski definition) is 4. The monoisotopic (exact) mass is 788 g/mol. The second kappa shape index (κ2) is 11.8. The van der Waals surface area contributed by atoms with E-state index in [4.69, 9.17) is 9.47 Å². The van der Waals surface area contributed by atoms with Gasteiger partial charge in [0.1, 0.15) is 17.5 Å². The molecule has 1 radical (unpaired) electrons. The van der Waals surface area contributed by atoms with Crippen molar-refractivity contribution in [2.24, 2.45) is 0 Å². The van der Waals surface area contributed by atoms with Gasteiger partial charge in [0, 0.05) is 84.9 Å². The maximum Gasteiger partial charge on any atom is 0.237 e. The van der Waals surface area contributed by atoms with Crippen LogP contribution in [0.25, 0.3) is 0 Å². The van der Waals surface area contributed by atoms with Crippen LogP contribution in [0.1, 0.15) is 64.4 Å². The number of rotatable bonds is 5. The van der Waals surface area contributed by atoms with E-state index < -0.39 is 12.1 Å². The summed E-state index contributed by atoms with van der Waals surface area (Å²) in [6.07, 6.45) is 1.70. The zero-order valence-corrected chi connectivity index (χ0v) is 29.9. The van der Waals surface area contributed by atoms with Crippen LogP contribution in [-0.2, 0) is 17.6 Å². The predicted octanol–water partition coefficient (Wildman–Crippen LogP) is 2.64. The minimum Gasteiger partial charge on any atom is -0.507 e. The van der Waals surface area contributed by atoms with Crippen molar-refractivity contribution in [2.75, 3.05) is 27.4 Å². The van der Waals surface area contributed by atoms with Crippen LogP contribution >= 0.6 is 0 Å². The first kappa shape index (κ1) is 31.3. The SMILES string of the molecule is CC[C@H](NC)C(=O)NC[C@H]1c2c(c(O)c(C)c3c2OCO3)CC2[C@@H]3c4c(cc(C)c(C)c4O)C[C@@H]([C@H](C#N)N21)N3C.[Ac]. The number of nitrogens with zero attached hydrogens (tertiary/aromatic N) is 3. The number of hydrogen-bond acceptors (Lipinski definition) is 9. The second-order valence-electron chi connectivity index (χ2n) is 11.9. The van der Waals surface area contributed by atoms with Crippen molar-refractivity contribution in [2.45, 2.75) is 83.2 Å². The Balaban J connectivity index is 0.00000353. The number of nitriles is 1. The van der Waals surface area contributed by atoms with Crippen molar-refractivity contribution in [3.8, 4) is 29.1 Å². The molecule has 4 aliphatic heterocycles. The van der Waals surface area contributed by atoms with Crippen LogP contribution < -0.4 is 20.1 Å². The van der Waals surface area contributed by atoms with Gasteiger partial charge in [-0.05, 0) is 70.8 Å². The third kappa shape index (κ3) is 4.52. The summed E-state index contributed by atoms with van der Waals surface area (Å²) in [5.74, 6) is 1.41. The third-order valence-corrected chi connectivity index (χ3v) is 10.0. The normalized spacial score (nSPS) is 26.3. The fourth-order valence-electron chi connectivity index (χ4n) is 7.75. The second-order valence-corrected chi connectivity index (χ2v) is 11.9. The molecule has 221 valence electrons. The molecule has 10 nitrogen and oxygen atoms in total. The van der Waals surface area contributed by atoms with E-state index in [1.165, 1.54) is 0 Å². The third-order valence-electron chi connectivity index (χ3n) is 10.0. The topological polar surface area (TPSA) is 130 Å². The van der Waals surface area contributed by atoms with Crippen LogP contribution in [0, 0.1) is 76.2 Å². The Hall–Kier alpha value is -2.08. The number of aromatic hydroxyl groups is 2. The minimum absolute atomic E-state index is 0. The average Bonchev–Trinajstić information content (AvgIpc) is 3.44. The van der Waals surface area contributed by atoms with Gasteiger partial charge < -0.3 is 30.3 Å². The molecule has 1 saturated heterocycles. The molecule has 0 spiro atoms. The number of carbonyl (C=O) groups is 1. The maximum absolute atomic E-state index is 13.1. The molecule has 4 N–H and O–H groups in total. The van der Waals surface area contributed by atoms with Crippen molar-refractivity contribution < 1.29 is 68.5 Å². The Morgan fingerprint density at radius 2 is 1.83 bits per heavy atom. The van der Waals surface area contributed by atoms with Crippen molar-refractivity contribution in [1.29, 1.82) is 5.26 Å². The van der Waals surface area contributed by atoms with Crippen LogP contribution in [0.15, 0.2) is 6.07 Å². The van der Waals surface area contributed by atoms with E-state index >= 15 is 0 Å². The van der Waals surface area contributed by atoms with Crippen LogP contribution in [0.5, 0.6) is 23.0 Å². The number of piperazine rings is 1. The fraction of sp³-hybridized carbons (Fsp3) is 0.548. The van der Waals surface area contributed by atoms with Crippen LogP contribution in [0.2, 0.25) is 0 Å². The summed E-state index contributed by atoms with van der Waals surface area (Å²) in [6, 6.07) is 2.86. The van der Waals surface area contributed by atoms with Gasteiger partial charge in [-0.3, -0.25) is 14.6 Å². The number of benzene rings is 2. The molecule has 1 amide bonds. The average molecular weight is 789 g/mol. The Morgan fingerprint density at radius 1 is 1.12 bits per heavy atom. The zero-order chi connectivity index (χ0) is 29.3. The number of phenolic OH excluding ortho intramolecular Hbond substituents is 2. The molecule has 42 heavy (non-hydrogen) atoms. The molecular formula is C31H39AcN5O5. The number of amides is 1. The van der Waals surface area contributed by atoms with Gasteiger partial charge in [-0.15, -0.1) is 0 Å². The molecule has 2 bridgehead atoms. The summed E-state index contributed by atoms with van der Waals surface area (Å²) in [4.78, 5) is 17.6.